The molecular weight excluding hydrogens is 380 g/mol. The molecule has 1 aromatic carbocycles. The highest BCUT2D eigenvalue weighted by Gasteiger charge is 2.22. The minimum Gasteiger partial charge on any atom is -0.453 e. The van der Waals surface area contributed by atoms with Crippen LogP contribution in [0, 0.1) is 5.92 Å². The summed E-state index contributed by atoms with van der Waals surface area (Å²) in [5.74, 6) is 0.576. The molecule has 1 amide bonds. The molecule has 1 aromatic heterocycles. The number of alkyl carbamates (subject to hydrolysis) is 1. The summed E-state index contributed by atoms with van der Waals surface area (Å²) in [6.07, 6.45) is 3.02. The number of amides is 1. The van der Waals surface area contributed by atoms with E-state index in [4.69, 9.17) is 0 Å². The van der Waals surface area contributed by atoms with E-state index in [0.29, 0.717) is 18.5 Å². The first-order valence-corrected chi connectivity index (χ1v) is 11.0. The van der Waals surface area contributed by atoms with Crippen molar-refractivity contribution in [1.29, 1.82) is 0 Å². The maximum Gasteiger partial charge on any atom is 0.406 e. The highest BCUT2D eigenvalue weighted by molar-refractivity contribution is 7.97. The molecule has 8 heteroatoms. The van der Waals surface area contributed by atoms with Crippen LogP contribution in [0.2, 0.25) is 0 Å². The Labute approximate surface area is 169 Å². The van der Waals surface area contributed by atoms with Gasteiger partial charge in [0.2, 0.25) is 0 Å². The Kier molecular flexibility index (Phi) is 7.20. The molecule has 1 heterocycles. The third-order valence-corrected chi connectivity index (χ3v) is 6.11. The number of carbonyl (C=O) groups is 1. The first kappa shape index (κ1) is 20.2. The molecule has 1 aliphatic rings. The van der Waals surface area contributed by atoms with Crippen molar-refractivity contribution in [3.05, 3.63) is 18.2 Å². The van der Waals surface area contributed by atoms with Crippen LogP contribution in [0.4, 0.5) is 9.93 Å². The van der Waals surface area contributed by atoms with Crippen LogP contribution in [0.25, 0.3) is 10.2 Å². The number of nitrogens with one attached hydrogen (secondary N) is 2. The zero-order chi connectivity index (χ0) is 19.2. The molecule has 27 heavy (non-hydrogen) atoms. The summed E-state index contributed by atoms with van der Waals surface area (Å²) >= 11 is 3.51. The number of aromatic nitrogens is 1. The third-order valence-electron chi connectivity index (χ3n) is 4.11. The van der Waals surface area contributed by atoms with E-state index in [1.807, 2.05) is 0 Å². The smallest absolute Gasteiger partial charge is 0.406 e. The zero-order valence-electron chi connectivity index (χ0n) is 16.2. The fraction of sp³-hybridized carbons (Fsp3) is 0.579. The molecule has 2 N–H and O–H groups in total. The molecule has 0 radical (unpaired) electrons. The average molecular weight is 409 g/mol. The van der Waals surface area contributed by atoms with Gasteiger partial charge in [-0.15, -0.1) is 0 Å². The van der Waals surface area contributed by atoms with E-state index >= 15 is 0 Å². The van der Waals surface area contributed by atoms with Crippen LogP contribution in [0.15, 0.2) is 23.1 Å². The Morgan fingerprint density at radius 1 is 1.44 bits per heavy atom. The fourth-order valence-electron chi connectivity index (χ4n) is 2.67. The van der Waals surface area contributed by atoms with E-state index < -0.39 is 0 Å². The first-order valence-electron chi connectivity index (χ1n) is 9.45. The maximum absolute atomic E-state index is 11.2. The molecule has 0 spiro atoms. The summed E-state index contributed by atoms with van der Waals surface area (Å²) in [4.78, 5) is 17.1. The second-order valence-electron chi connectivity index (χ2n) is 7.21. The highest BCUT2D eigenvalue weighted by Crippen LogP contribution is 2.34. The van der Waals surface area contributed by atoms with Gasteiger partial charge in [0.15, 0.2) is 5.13 Å². The fourth-order valence-corrected chi connectivity index (χ4v) is 4.92. The molecular formula is C19H28N4O2S2. The Bertz CT molecular complexity index is 761. The lowest BCUT2D eigenvalue weighted by atomic mass is 10.2. The highest BCUT2D eigenvalue weighted by atomic mass is 32.2. The summed E-state index contributed by atoms with van der Waals surface area (Å²) in [6, 6.07) is 7.11. The number of hydrogen-bond donors (Lipinski definition) is 2. The molecule has 3 rings (SSSR count). The van der Waals surface area contributed by atoms with Gasteiger partial charge < -0.3 is 15.4 Å². The minimum atomic E-state index is -0.371. The lowest BCUT2D eigenvalue weighted by Crippen LogP contribution is -2.28. The number of ether oxygens (including phenoxy) is 1. The molecule has 6 nitrogen and oxygen atoms in total. The van der Waals surface area contributed by atoms with Gasteiger partial charge in [-0.05, 0) is 55.3 Å². The molecule has 0 saturated heterocycles. The van der Waals surface area contributed by atoms with Crippen molar-refractivity contribution in [2.45, 2.75) is 44.0 Å². The van der Waals surface area contributed by atoms with Crippen LogP contribution in [-0.4, -0.2) is 48.2 Å². The SMILES string of the molecule is COC(=O)NCCCN(CC(C)C)Sc1ccc2nc(NC3CC3)sc2c1. The summed E-state index contributed by atoms with van der Waals surface area (Å²) in [6.45, 7) is 6.97. The molecule has 148 valence electrons. The quantitative estimate of drug-likeness (QED) is 0.443. The van der Waals surface area contributed by atoms with Crippen molar-refractivity contribution in [1.82, 2.24) is 14.6 Å². The van der Waals surface area contributed by atoms with Gasteiger partial charge in [0.25, 0.3) is 0 Å². The molecule has 0 unspecified atom stereocenters. The number of methoxy groups -OCH3 is 1. The molecule has 2 aromatic rings. The van der Waals surface area contributed by atoms with Gasteiger partial charge in [0.05, 0.1) is 17.3 Å². The van der Waals surface area contributed by atoms with E-state index in [1.165, 1.54) is 29.5 Å². The van der Waals surface area contributed by atoms with Crippen LogP contribution >= 0.6 is 23.3 Å². The summed E-state index contributed by atoms with van der Waals surface area (Å²) < 4.78 is 8.20. The largest absolute Gasteiger partial charge is 0.453 e. The summed E-state index contributed by atoms with van der Waals surface area (Å²) in [5.41, 5.74) is 1.06. The van der Waals surface area contributed by atoms with Crippen LogP contribution in [0.5, 0.6) is 0 Å². The van der Waals surface area contributed by atoms with Gasteiger partial charge in [-0.3, -0.25) is 0 Å². The topological polar surface area (TPSA) is 66.5 Å². The van der Waals surface area contributed by atoms with Crippen molar-refractivity contribution in [3.8, 4) is 0 Å². The monoisotopic (exact) mass is 408 g/mol. The van der Waals surface area contributed by atoms with Gasteiger partial charge in [0, 0.05) is 30.6 Å². The lowest BCUT2D eigenvalue weighted by molar-refractivity contribution is 0.170. The predicted octanol–water partition coefficient (Wildman–Crippen LogP) is 4.58. The minimum absolute atomic E-state index is 0.371. The lowest BCUT2D eigenvalue weighted by Gasteiger charge is -2.23. The molecule has 0 aliphatic heterocycles. The number of anilines is 1. The van der Waals surface area contributed by atoms with Gasteiger partial charge in [-0.25, -0.2) is 14.1 Å². The molecule has 1 fully saturated rings. The zero-order valence-corrected chi connectivity index (χ0v) is 17.8. The van der Waals surface area contributed by atoms with Gasteiger partial charge in [-0.1, -0.05) is 25.2 Å². The maximum atomic E-state index is 11.2. The van der Waals surface area contributed by atoms with Crippen molar-refractivity contribution >= 4 is 44.7 Å². The number of thiazole rings is 1. The van der Waals surface area contributed by atoms with Crippen molar-refractivity contribution < 1.29 is 9.53 Å². The Morgan fingerprint density at radius 2 is 2.26 bits per heavy atom. The van der Waals surface area contributed by atoms with Gasteiger partial charge >= 0.3 is 6.09 Å². The Hall–Kier alpha value is -1.51. The van der Waals surface area contributed by atoms with Crippen LogP contribution in [0.1, 0.15) is 33.1 Å². The van der Waals surface area contributed by atoms with E-state index in [1.54, 1.807) is 23.3 Å². The van der Waals surface area contributed by atoms with Crippen molar-refractivity contribution in [3.63, 3.8) is 0 Å². The molecule has 1 aliphatic carbocycles. The first-order chi connectivity index (χ1) is 13.0. The second-order valence-corrected chi connectivity index (χ2v) is 9.41. The molecule has 0 bridgehead atoms. The number of benzene rings is 1. The van der Waals surface area contributed by atoms with E-state index in [9.17, 15) is 4.79 Å². The number of fused-ring (bicyclic) bond motifs is 1. The molecule has 0 atom stereocenters. The van der Waals surface area contributed by atoms with Gasteiger partial charge in [-0.2, -0.15) is 0 Å². The summed E-state index contributed by atoms with van der Waals surface area (Å²) in [7, 11) is 1.39. The van der Waals surface area contributed by atoms with Crippen LogP contribution in [-0.2, 0) is 4.74 Å². The average Bonchev–Trinajstić information content (AvgIpc) is 3.34. The number of carbonyl (C=O) groups excluding carboxylic acids is 1. The van der Waals surface area contributed by atoms with Gasteiger partial charge in [0.1, 0.15) is 0 Å². The Morgan fingerprint density at radius 3 is 2.96 bits per heavy atom. The standard InChI is InChI=1S/C19H28N4O2S2/c1-13(2)12-23(10-4-9-20-19(24)25-3)27-15-7-8-16-17(11-15)26-18(22-16)21-14-5-6-14/h7-8,11,13-14H,4-6,9-10,12H2,1-3H3,(H,20,24)(H,21,22). The number of nitrogens with zero attached hydrogens (tertiary/aromatic N) is 2. The van der Waals surface area contributed by atoms with E-state index in [-0.39, 0.29) is 6.09 Å². The number of hydrogen-bond acceptors (Lipinski definition) is 7. The van der Waals surface area contributed by atoms with Crippen molar-refractivity contribution in [2.24, 2.45) is 5.92 Å². The summed E-state index contributed by atoms with van der Waals surface area (Å²) in [5, 5.41) is 7.26. The second kappa shape index (κ2) is 9.61. The van der Waals surface area contributed by atoms with Crippen molar-refractivity contribution in [2.75, 3.05) is 32.1 Å². The predicted molar refractivity (Wildman–Crippen MR) is 114 cm³/mol. The van der Waals surface area contributed by atoms with Crippen LogP contribution in [0.3, 0.4) is 0 Å². The van der Waals surface area contributed by atoms with E-state index in [2.05, 4.69) is 56.7 Å². The number of rotatable bonds is 10. The van der Waals surface area contributed by atoms with E-state index in [0.717, 1.165) is 30.2 Å². The normalized spacial score (nSPS) is 14.1. The molecule has 1 saturated carbocycles. The third kappa shape index (κ3) is 6.55. The van der Waals surface area contributed by atoms with Crippen LogP contribution < -0.4 is 10.6 Å². The Balaban J connectivity index is 1.58.